The summed E-state index contributed by atoms with van der Waals surface area (Å²) in [5, 5.41) is 0. The van der Waals surface area contributed by atoms with E-state index in [-0.39, 0.29) is 19.3 Å². The summed E-state index contributed by atoms with van der Waals surface area (Å²) >= 11 is 0. The molecular formula is C12H20BNO2. The molecule has 3 nitrogen and oxygen atoms in total. The Bertz CT molecular complexity index is 319. The lowest BCUT2D eigenvalue weighted by atomic mass is 9.78. The van der Waals surface area contributed by atoms with Gasteiger partial charge in [-0.3, -0.25) is 0 Å². The summed E-state index contributed by atoms with van der Waals surface area (Å²) in [6, 6.07) is 7.61. The average Bonchev–Trinajstić information content (AvgIpc) is 2.15. The van der Waals surface area contributed by atoms with Gasteiger partial charge in [-0.15, -0.1) is 0 Å². The summed E-state index contributed by atoms with van der Waals surface area (Å²) in [5.41, 5.74) is 7.43. The molecule has 0 aliphatic heterocycles. The second kappa shape index (κ2) is 5.92. The zero-order chi connectivity index (χ0) is 12.1. The minimum atomic E-state index is -0.344. The number of nitrogen functional groups attached to an aromatic ring is 1. The summed E-state index contributed by atoms with van der Waals surface area (Å²) in [5.74, 6) is 0. The third-order valence-electron chi connectivity index (χ3n) is 1.97. The van der Waals surface area contributed by atoms with Crippen LogP contribution >= 0.6 is 0 Å². The SMILES string of the molecule is CC(C)OB(OC(C)C)c1cccc(N)c1. The van der Waals surface area contributed by atoms with Gasteiger partial charge >= 0.3 is 7.12 Å². The Morgan fingerprint density at radius 2 is 1.62 bits per heavy atom. The van der Waals surface area contributed by atoms with Crippen molar-refractivity contribution in [1.82, 2.24) is 0 Å². The second-order valence-corrected chi connectivity index (χ2v) is 4.37. The Hall–Kier alpha value is -0.995. The maximum absolute atomic E-state index is 5.75. The van der Waals surface area contributed by atoms with Gasteiger partial charge < -0.3 is 15.0 Å². The zero-order valence-electron chi connectivity index (χ0n) is 10.4. The van der Waals surface area contributed by atoms with Crippen LogP contribution in [0.5, 0.6) is 0 Å². The maximum atomic E-state index is 5.75. The van der Waals surface area contributed by atoms with E-state index >= 15 is 0 Å². The summed E-state index contributed by atoms with van der Waals surface area (Å²) in [6.07, 6.45) is 0.232. The Morgan fingerprint density at radius 1 is 1.06 bits per heavy atom. The first-order valence-electron chi connectivity index (χ1n) is 5.65. The molecule has 0 radical (unpaired) electrons. The Morgan fingerprint density at radius 3 is 2.06 bits per heavy atom. The summed E-state index contributed by atoms with van der Waals surface area (Å²) in [6.45, 7) is 7.96. The number of benzene rings is 1. The van der Waals surface area contributed by atoms with Gasteiger partial charge in [0.25, 0.3) is 0 Å². The number of nitrogens with two attached hydrogens (primary N) is 1. The third kappa shape index (κ3) is 4.25. The van der Waals surface area contributed by atoms with Crippen LogP contribution in [-0.2, 0) is 9.31 Å². The van der Waals surface area contributed by atoms with Crippen LogP contribution in [0.25, 0.3) is 0 Å². The number of rotatable bonds is 5. The van der Waals surface area contributed by atoms with E-state index in [9.17, 15) is 0 Å². The lowest BCUT2D eigenvalue weighted by molar-refractivity contribution is 0.139. The molecule has 0 unspecified atom stereocenters. The molecule has 0 saturated heterocycles. The minimum Gasteiger partial charge on any atom is -0.405 e. The lowest BCUT2D eigenvalue weighted by Gasteiger charge is -2.19. The van der Waals surface area contributed by atoms with E-state index in [0.717, 1.165) is 11.2 Å². The van der Waals surface area contributed by atoms with Gasteiger partial charge in [0, 0.05) is 17.9 Å². The van der Waals surface area contributed by atoms with Gasteiger partial charge in [-0.2, -0.15) is 0 Å². The molecule has 0 amide bonds. The normalized spacial score (nSPS) is 11.1. The topological polar surface area (TPSA) is 44.5 Å². The van der Waals surface area contributed by atoms with Gasteiger partial charge in [0.15, 0.2) is 0 Å². The smallest absolute Gasteiger partial charge is 0.405 e. The predicted molar refractivity (Wildman–Crippen MR) is 68.7 cm³/mol. The van der Waals surface area contributed by atoms with Crippen LogP contribution in [0, 0.1) is 0 Å². The largest absolute Gasteiger partial charge is 0.494 e. The molecule has 0 aliphatic rings. The summed E-state index contributed by atoms with van der Waals surface area (Å²) < 4.78 is 11.4. The highest BCUT2D eigenvalue weighted by Gasteiger charge is 2.24. The predicted octanol–water partition coefficient (Wildman–Crippen LogP) is 1.81. The highest BCUT2D eigenvalue weighted by molar-refractivity contribution is 6.61. The van der Waals surface area contributed by atoms with Crippen LogP contribution in [-0.4, -0.2) is 19.3 Å². The molecule has 0 atom stereocenters. The van der Waals surface area contributed by atoms with Crippen LogP contribution in [0.15, 0.2) is 24.3 Å². The van der Waals surface area contributed by atoms with Gasteiger partial charge in [0.1, 0.15) is 0 Å². The van der Waals surface area contributed by atoms with E-state index in [0.29, 0.717) is 0 Å². The van der Waals surface area contributed by atoms with E-state index in [1.165, 1.54) is 0 Å². The van der Waals surface area contributed by atoms with Crippen molar-refractivity contribution >= 4 is 18.3 Å². The van der Waals surface area contributed by atoms with Crippen molar-refractivity contribution in [2.75, 3.05) is 5.73 Å². The van der Waals surface area contributed by atoms with Gasteiger partial charge in [-0.05, 0) is 45.3 Å². The molecule has 0 heterocycles. The molecule has 0 spiro atoms. The Balaban J connectivity index is 2.82. The van der Waals surface area contributed by atoms with Gasteiger partial charge in [-0.1, -0.05) is 12.1 Å². The van der Waals surface area contributed by atoms with E-state index < -0.39 is 0 Å². The molecule has 0 aromatic heterocycles. The van der Waals surface area contributed by atoms with E-state index in [1.807, 2.05) is 52.0 Å². The van der Waals surface area contributed by atoms with Crippen LogP contribution in [0.3, 0.4) is 0 Å². The van der Waals surface area contributed by atoms with Crippen molar-refractivity contribution in [3.05, 3.63) is 24.3 Å². The molecule has 0 fully saturated rings. The third-order valence-corrected chi connectivity index (χ3v) is 1.97. The highest BCUT2D eigenvalue weighted by atomic mass is 16.6. The molecule has 2 N–H and O–H groups in total. The van der Waals surface area contributed by atoms with Gasteiger partial charge in [0.05, 0.1) is 0 Å². The van der Waals surface area contributed by atoms with E-state index in [1.54, 1.807) is 0 Å². The number of hydrogen-bond donors (Lipinski definition) is 1. The van der Waals surface area contributed by atoms with Crippen LogP contribution in [0.1, 0.15) is 27.7 Å². The zero-order valence-corrected chi connectivity index (χ0v) is 10.4. The molecule has 1 aromatic carbocycles. The maximum Gasteiger partial charge on any atom is 0.494 e. The first-order chi connectivity index (χ1) is 7.49. The van der Waals surface area contributed by atoms with Crippen LogP contribution < -0.4 is 11.2 Å². The second-order valence-electron chi connectivity index (χ2n) is 4.37. The molecule has 1 aromatic rings. The number of anilines is 1. The minimum absolute atomic E-state index is 0.116. The molecule has 1 rings (SSSR count). The van der Waals surface area contributed by atoms with Crippen molar-refractivity contribution in [3.8, 4) is 0 Å². The molecule has 0 aliphatic carbocycles. The van der Waals surface area contributed by atoms with Crippen LogP contribution in [0.4, 0.5) is 5.69 Å². The molecule has 0 bridgehead atoms. The highest BCUT2D eigenvalue weighted by Crippen LogP contribution is 2.04. The quantitative estimate of drug-likeness (QED) is 0.609. The molecule has 88 valence electrons. The molecular weight excluding hydrogens is 201 g/mol. The molecule has 16 heavy (non-hydrogen) atoms. The summed E-state index contributed by atoms with van der Waals surface area (Å²) in [7, 11) is -0.344. The summed E-state index contributed by atoms with van der Waals surface area (Å²) in [4.78, 5) is 0. The van der Waals surface area contributed by atoms with Crippen molar-refractivity contribution in [2.24, 2.45) is 0 Å². The fourth-order valence-electron chi connectivity index (χ4n) is 1.39. The van der Waals surface area contributed by atoms with Crippen molar-refractivity contribution in [3.63, 3.8) is 0 Å². The van der Waals surface area contributed by atoms with E-state index in [2.05, 4.69) is 0 Å². The first-order valence-corrected chi connectivity index (χ1v) is 5.65. The Kier molecular flexibility index (Phi) is 4.84. The molecule has 4 heteroatoms. The van der Waals surface area contributed by atoms with Crippen molar-refractivity contribution < 1.29 is 9.31 Å². The van der Waals surface area contributed by atoms with Crippen molar-refractivity contribution in [1.29, 1.82) is 0 Å². The van der Waals surface area contributed by atoms with Crippen LogP contribution in [0.2, 0.25) is 0 Å². The van der Waals surface area contributed by atoms with Gasteiger partial charge in [0.2, 0.25) is 0 Å². The van der Waals surface area contributed by atoms with Gasteiger partial charge in [-0.25, -0.2) is 0 Å². The average molecular weight is 221 g/mol. The fourth-order valence-corrected chi connectivity index (χ4v) is 1.39. The fraction of sp³-hybridized carbons (Fsp3) is 0.500. The number of hydrogen-bond acceptors (Lipinski definition) is 3. The monoisotopic (exact) mass is 221 g/mol. The Labute approximate surface area is 98.1 Å². The van der Waals surface area contributed by atoms with Crippen molar-refractivity contribution in [2.45, 2.75) is 39.9 Å². The lowest BCUT2D eigenvalue weighted by Crippen LogP contribution is -2.40. The molecule has 0 saturated carbocycles. The first kappa shape index (κ1) is 13.1. The van der Waals surface area contributed by atoms with E-state index in [4.69, 9.17) is 15.0 Å². The standard InChI is InChI=1S/C12H20BNO2/c1-9(2)15-13(16-10(3)4)11-6-5-7-12(14)8-11/h5-10H,14H2,1-4H3.